The number of amides is 2. The van der Waals surface area contributed by atoms with Gasteiger partial charge in [-0.2, -0.15) is 0 Å². The fourth-order valence-corrected chi connectivity index (χ4v) is 3.36. The zero-order valence-electron chi connectivity index (χ0n) is 16.3. The molecule has 28 heavy (non-hydrogen) atoms. The van der Waals surface area contributed by atoms with Crippen LogP contribution in [0.4, 0.5) is 0 Å². The van der Waals surface area contributed by atoms with E-state index < -0.39 is 0 Å². The number of hydrogen-bond acceptors (Lipinski definition) is 4. The van der Waals surface area contributed by atoms with Gasteiger partial charge in [-0.1, -0.05) is 6.07 Å². The minimum absolute atomic E-state index is 0.0725. The summed E-state index contributed by atoms with van der Waals surface area (Å²) < 4.78 is 5.39. The number of aromatic nitrogens is 1. The first-order valence-corrected chi connectivity index (χ1v) is 9.84. The molecule has 1 N–H and O–H groups in total. The quantitative estimate of drug-likeness (QED) is 0.800. The molecule has 2 amide bonds. The van der Waals surface area contributed by atoms with Gasteiger partial charge in [0.15, 0.2) is 0 Å². The third kappa shape index (κ3) is 5.55. The Bertz CT molecular complexity index is 769. The van der Waals surface area contributed by atoms with E-state index in [0.717, 1.165) is 37.4 Å². The third-order valence-electron chi connectivity index (χ3n) is 5.00. The number of carbonyl (C=O) groups excluding carboxylic acids is 2. The van der Waals surface area contributed by atoms with Crippen molar-refractivity contribution >= 4 is 11.8 Å². The second-order valence-electron chi connectivity index (χ2n) is 6.99. The van der Waals surface area contributed by atoms with Crippen LogP contribution in [0.1, 0.15) is 35.8 Å². The lowest BCUT2D eigenvalue weighted by Crippen LogP contribution is -2.42. The second-order valence-corrected chi connectivity index (χ2v) is 6.99. The number of likely N-dealkylation sites (tertiary alicyclic amines) is 1. The van der Waals surface area contributed by atoms with E-state index in [1.807, 2.05) is 42.2 Å². The van der Waals surface area contributed by atoms with Crippen LogP contribution in [0.25, 0.3) is 0 Å². The highest BCUT2D eigenvalue weighted by atomic mass is 16.5. The molecule has 148 valence electrons. The van der Waals surface area contributed by atoms with Gasteiger partial charge in [0.2, 0.25) is 5.91 Å². The van der Waals surface area contributed by atoms with Gasteiger partial charge in [-0.3, -0.25) is 14.6 Å². The van der Waals surface area contributed by atoms with Crippen LogP contribution in [-0.4, -0.2) is 47.9 Å². The normalized spacial score (nSPS) is 14.5. The maximum Gasteiger partial charge on any atom is 0.251 e. The molecule has 0 atom stereocenters. The van der Waals surface area contributed by atoms with Crippen LogP contribution in [0, 0.1) is 5.92 Å². The van der Waals surface area contributed by atoms with Gasteiger partial charge in [0, 0.05) is 37.1 Å². The Labute approximate surface area is 165 Å². The molecule has 0 radical (unpaired) electrons. The van der Waals surface area contributed by atoms with Gasteiger partial charge in [-0.25, -0.2) is 0 Å². The summed E-state index contributed by atoms with van der Waals surface area (Å²) in [7, 11) is 0. The van der Waals surface area contributed by atoms with Crippen LogP contribution < -0.4 is 10.1 Å². The van der Waals surface area contributed by atoms with E-state index in [1.165, 1.54) is 0 Å². The summed E-state index contributed by atoms with van der Waals surface area (Å²) in [4.78, 5) is 30.8. The highest BCUT2D eigenvalue weighted by molar-refractivity contribution is 5.94. The predicted molar refractivity (Wildman–Crippen MR) is 107 cm³/mol. The van der Waals surface area contributed by atoms with Gasteiger partial charge < -0.3 is 15.0 Å². The minimum atomic E-state index is -0.0725. The van der Waals surface area contributed by atoms with Crippen molar-refractivity contribution in [1.82, 2.24) is 15.2 Å². The third-order valence-corrected chi connectivity index (χ3v) is 5.00. The summed E-state index contributed by atoms with van der Waals surface area (Å²) in [6, 6.07) is 12.8. The first kappa shape index (κ1) is 19.9. The molecule has 1 fully saturated rings. The fourth-order valence-electron chi connectivity index (χ4n) is 3.36. The Morgan fingerprint density at radius 3 is 2.54 bits per heavy atom. The molecule has 2 aromatic rings. The van der Waals surface area contributed by atoms with E-state index in [4.69, 9.17) is 4.74 Å². The molecule has 0 aliphatic carbocycles. The SMILES string of the molecule is CCOc1ccc(C(=O)NCC2CCN(C(=O)Cc3ccccn3)CC2)cc1. The van der Waals surface area contributed by atoms with Crippen LogP contribution in [0.5, 0.6) is 5.75 Å². The van der Waals surface area contributed by atoms with Crippen molar-refractivity contribution in [2.24, 2.45) is 5.92 Å². The molecule has 1 aromatic carbocycles. The standard InChI is InChI=1S/C22H27N3O3/c1-2-28-20-8-6-18(7-9-20)22(27)24-16-17-10-13-25(14-11-17)21(26)15-19-5-3-4-12-23-19/h3-9,12,17H,2,10-11,13-16H2,1H3,(H,24,27). The van der Waals surface area contributed by atoms with E-state index in [2.05, 4.69) is 10.3 Å². The molecule has 6 nitrogen and oxygen atoms in total. The smallest absolute Gasteiger partial charge is 0.251 e. The first-order valence-electron chi connectivity index (χ1n) is 9.84. The van der Waals surface area contributed by atoms with Gasteiger partial charge in [0.05, 0.1) is 13.0 Å². The van der Waals surface area contributed by atoms with Crippen molar-refractivity contribution < 1.29 is 14.3 Å². The van der Waals surface area contributed by atoms with Crippen LogP contribution in [0.2, 0.25) is 0 Å². The van der Waals surface area contributed by atoms with Crippen molar-refractivity contribution in [3.8, 4) is 5.75 Å². The summed E-state index contributed by atoms with van der Waals surface area (Å²) in [6.45, 7) is 4.63. The largest absolute Gasteiger partial charge is 0.494 e. The zero-order chi connectivity index (χ0) is 19.8. The van der Waals surface area contributed by atoms with Gasteiger partial charge >= 0.3 is 0 Å². The van der Waals surface area contributed by atoms with Gasteiger partial charge in [-0.15, -0.1) is 0 Å². The van der Waals surface area contributed by atoms with Gasteiger partial charge in [0.25, 0.3) is 5.91 Å². The Morgan fingerprint density at radius 1 is 1.14 bits per heavy atom. The molecular formula is C22H27N3O3. The van der Waals surface area contributed by atoms with Gasteiger partial charge in [-0.05, 0) is 62.1 Å². The fraction of sp³-hybridized carbons (Fsp3) is 0.409. The molecule has 0 unspecified atom stereocenters. The van der Waals surface area contributed by atoms with Crippen LogP contribution in [0.15, 0.2) is 48.7 Å². The van der Waals surface area contributed by atoms with E-state index in [1.54, 1.807) is 18.3 Å². The summed E-state index contributed by atoms with van der Waals surface area (Å²) >= 11 is 0. The van der Waals surface area contributed by atoms with E-state index in [-0.39, 0.29) is 11.8 Å². The van der Waals surface area contributed by atoms with Crippen LogP contribution in [0.3, 0.4) is 0 Å². The summed E-state index contributed by atoms with van der Waals surface area (Å²) in [5.41, 5.74) is 1.43. The van der Waals surface area contributed by atoms with Crippen molar-refractivity contribution in [2.45, 2.75) is 26.2 Å². The number of ether oxygens (including phenoxy) is 1. The lowest BCUT2D eigenvalue weighted by molar-refractivity contribution is -0.131. The zero-order valence-corrected chi connectivity index (χ0v) is 16.3. The maximum atomic E-state index is 12.4. The van der Waals surface area contributed by atoms with Crippen molar-refractivity contribution in [1.29, 1.82) is 0 Å². The summed E-state index contributed by atoms with van der Waals surface area (Å²) in [5.74, 6) is 1.21. The predicted octanol–water partition coefficient (Wildman–Crippen LogP) is 2.69. The highest BCUT2D eigenvalue weighted by Gasteiger charge is 2.23. The molecule has 6 heteroatoms. The minimum Gasteiger partial charge on any atom is -0.494 e. The van der Waals surface area contributed by atoms with E-state index in [9.17, 15) is 9.59 Å². The average Bonchev–Trinajstić information content (AvgIpc) is 2.74. The molecule has 1 aliphatic rings. The summed E-state index contributed by atoms with van der Waals surface area (Å²) in [6.07, 6.45) is 3.86. The number of benzene rings is 1. The van der Waals surface area contributed by atoms with E-state index in [0.29, 0.717) is 31.1 Å². The highest BCUT2D eigenvalue weighted by Crippen LogP contribution is 2.18. The Kier molecular flexibility index (Phi) is 7.00. The van der Waals surface area contributed by atoms with Crippen LogP contribution in [-0.2, 0) is 11.2 Å². The number of piperidine rings is 1. The topological polar surface area (TPSA) is 71.5 Å². The van der Waals surface area contributed by atoms with E-state index >= 15 is 0 Å². The monoisotopic (exact) mass is 381 g/mol. The molecule has 1 aromatic heterocycles. The number of pyridine rings is 1. The number of hydrogen-bond donors (Lipinski definition) is 1. The van der Waals surface area contributed by atoms with Crippen LogP contribution >= 0.6 is 0 Å². The number of nitrogens with zero attached hydrogens (tertiary/aromatic N) is 2. The van der Waals surface area contributed by atoms with Gasteiger partial charge in [0.1, 0.15) is 5.75 Å². The lowest BCUT2D eigenvalue weighted by Gasteiger charge is -2.32. The molecule has 3 rings (SSSR count). The number of rotatable bonds is 7. The molecule has 0 bridgehead atoms. The molecule has 1 aliphatic heterocycles. The number of carbonyl (C=O) groups is 2. The maximum absolute atomic E-state index is 12.4. The second kappa shape index (κ2) is 9.88. The van der Waals surface area contributed by atoms with Crippen molar-refractivity contribution in [3.05, 3.63) is 59.9 Å². The Morgan fingerprint density at radius 2 is 1.89 bits per heavy atom. The number of nitrogens with one attached hydrogen (secondary N) is 1. The first-order chi connectivity index (χ1) is 13.7. The Balaban J connectivity index is 1.40. The molecular weight excluding hydrogens is 354 g/mol. The average molecular weight is 381 g/mol. The lowest BCUT2D eigenvalue weighted by atomic mass is 9.96. The molecule has 0 saturated carbocycles. The molecule has 0 spiro atoms. The Hall–Kier alpha value is -2.89. The molecule has 1 saturated heterocycles. The van der Waals surface area contributed by atoms with Crippen molar-refractivity contribution in [2.75, 3.05) is 26.2 Å². The summed E-state index contributed by atoms with van der Waals surface area (Å²) in [5, 5.41) is 3.01. The van der Waals surface area contributed by atoms with Crippen molar-refractivity contribution in [3.63, 3.8) is 0 Å². The molecule has 2 heterocycles.